The first kappa shape index (κ1) is 10.3. The summed E-state index contributed by atoms with van der Waals surface area (Å²) in [5.41, 5.74) is 1.20. The van der Waals surface area contributed by atoms with Crippen LogP contribution in [0.5, 0.6) is 0 Å². The third-order valence-electron chi connectivity index (χ3n) is 2.51. The molecule has 0 aromatic heterocycles. The molecule has 1 aliphatic carbocycles. The zero-order valence-electron chi connectivity index (χ0n) is 8.06. The molecule has 1 N–H and O–H groups in total. The van der Waals surface area contributed by atoms with Crippen LogP contribution in [-0.2, 0) is 0 Å². The normalized spacial score (nSPS) is 18.2. The summed E-state index contributed by atoms with van der Waals surface area (Å²) in [6.45, 7) is 2.15. The number of hydrogen-bond donors (Lipinski definition) is 1. The van der Waals surface area contributed by atoms with Crippen LogP contribution in [0.2, 0.25) is 10.0 Å². The van der Waals surface area contributed by atoms with Gasteiger partial charge in [-0.25, -0.2) is 0 Å². The Labute approximate surface area is 94.4 Å². The summed E-state index contributed by atoms with van der Waals surface area (Å²) in [4.78, 5) is 0. The topological polar surface area (TPSA) is 12.0 Å². The van der Waals surface area contributed by atoms with Crippen LogP contribution >= 0.6 is 23.2 Å². The van der Waals surface area contributed by atoms with Crippen molar-refractivity contribution in [3.05, 3.63) is 33.8 Å². The molecule has 0 heterocycles. The minimum Gasteiger partial charge on any atom is -0.307 e. The lowest BCUT2D eigenvalue weighted by atomic mass is 10.1. The molecule has 1 aromatic carbocycles. The van der Waals surface area contributed by atoms with E-state index >= 15 is 0 Å². The van der Waals surface area contributed by atoms with Crippen molar-refractivity contribution >= 4 is 23.2 Å². The molecule has 1 nitrogen and oxygen atoms in total. The number of halogens is 2. The molecule has 0 saturated heterocycles. The molecule has 1 fully saturated rings. The van der Waals surface area contributed by atoms with Gasteiger partial charge >= 0.3 is 0 Å². The molecule has 0 bridgehead atoms. The van der Waals surface area contributed by atoms with Crippen molar-refractivity contribution in [3.63, 3.8) is 0 Å². The lowest BCUT2D eigenvalue weighted by Crippen LogP contribution is -2.20. The Morgan fingerprint density at radius 1 is 1.29 bits per heavy atom. The van der Waals surface area contributed by atoms with E-state index in [0.29, 0.717) is 22.1 Å². The predicted octanol–water partition coefficient (Wildman–Crippen LogP) is 3.81. The summed E-state index contributed by atoms with van der Waals surface area (Å²) in [5.74, 6) is 0. The average molecular weight is 230 g/mol. The van der Waals surface area contributed by atoms with Gasteiger partial charge in [0.2, 0.25) is 0 Å². The molecule has 0 spiro atoms. The van der Waals surface area contributed by atoms with Crippen molar-refractivity contribution in [2.24, 2.45) is 0 Å². The molecule has 2 rings (SSSR count). The van der Waals surface area contributed by atoms with Crippen LogP contribution in [0.25, 0.3) is 0 Å². The van der Waals surface area contributed by atoms with Crippen LogP contribution in [0.15, 0.2) is 18.2 Å². The van der Waals surface area contributed by atoms with Crippen LogP contribution in [-0.4, -0.2) is 6.04 Å². The summed E-state index contributed by atoms with van der Waals surface area (Å²) < 4.78 is 0. The monoisotopic (exact) mass is 229 g/mol. The van der Waals surface area contributed by atoms with Crippen LogP contribution in [0.1, 0.15) is 31.4 Å². The molecule has 0 amide bonds. The van der Waals surface area contributed by atoms with Crippen LogP contribution in [0, 0.1) is 0 Å². The zero-order valence-corrected chi connectivity index (χ0v) is 9.57. The van der Waals surface area contributed by atoms with Gasteiger partial charge < -0.3 is 5.32 Å². The van der Waals surface area contributed by atoms with Crippen LogP contribution in [0.3, 0.4) is 0 Å². The first-order valence-electron chi connectivity index (χ1n) is 4.88. The van der Waals surface area contributed by atoms with Crippen molar-refractivity contribution in [2.45, 2.75) is 31.8 Å². The Morgan fingerprint density at radius 3 is 2.57 bits per heavy atom. The minimum absolute atomic E-state index is 0.359. The predicted molar refractivity (Wildman–Crippen MR) is 61.0 cm³/mol. The molecule has 3 heteroatoms. The molecule has 0 aliphatic heterocycles. The highest BCUT2D eigenvalue weighted by Crippen LogP contribution is 2.28. The van der Waals surface area contributed by atoms with E-state index in [4.69, 9.17) is 23.2 Å². The van der Waals surface area contributed by atoms with E-state index in [1.165, 1.54) is 18.4 Å². The molecule has 0 radical (unpaired) electrons. The van der Waals surface area contributed by atoms with Gasteiger partial charge in [0, 0.05) is 12.1 Å². The number of benzene rings is 1. The second kappa shape index (κ2) is 4.09. The summed E-state index contributed by atoms with van der Waals surface area (Å²) in [6.07, 6.45) is 2.59. The Balaban J connectivity index is 2.10. The lowest BCUT2D eigenvalue weighted by Gasteiger charge is -2.14. The fourth-order valence-electron chi connectivity index (χ4n) is 1.48. The molecule has 1 saturated carbocycles. The van der Waals surface area contributed by atoms with Gasteiger partial charge in [0.05, 0.1) is 10.0 Å². The van der Waals surface area contributed by atoms with Crippen LogP contribution in [0.4, 0.5) is 0 Å². The smallest absolute Gasteiger partial charge is 0.0595 e. The van der Waals surface area contributed by atoms with Gasteiger partial charge in [0.1, 0.15) is 0 Å². The molecule has 1 atom stereocenters. The van der Waals surface area contributed by atoms with E-state index in [9.17, 15) is 0 Å². The molecule has 14 heavy (non-hydrogen) atoms. The Hall–Kier alpha value is -0.240. The Morgan fingerprint density at radius 2 is 2.00 bits per heavy atom. The highest BCUT2D eigenvalue weighted by atomic mass is 35.5. The fourth-order valence-corrected chi connectivity index (χ4v) is 1.79. The molecule has 1 aliphatic rings. The Kier molecular flexibility index (Phi) is 3.01. The summed E-state index contributed by atoms with van der Waals surface area (Å²) in [5, 5.41) is 4.77. The summed E-state index contributed by atoms with van der Waals surface area (Å²) in [7, 11) is 0. The van der Waals surface area contributed by atoms with Crippen molar-refractivity contribution in [1.82, 2.24) is 5.32 Å². The third-order valence-corrected chi connectivity index (χ3v) is 3.25. The average Bonchev–Trinajstić information content (AvgIpc) is 2.93. The first-order chi connectivity index (χ1) is 6.66. The maximum atomic E-state index is 5.95. The molecule has 0 unspecified atom stereocenters. The second-order valence-electron chi connectivity index (χ2n) is 3.84. The van der Waals surface area contributed by atoms with Gasteiger partial charge in [0.25, 0.3) is 0 Å². The number of hydrogen-bond acceptors (Lipinski definition) is 1. The number of rotatable bonds is 3. The van der Waals surface area contributed by atoms with Gasteiger partial charge in [-0.05, 0) is 37.5 Å². The van der Waals surface area contributed by atoms with Crippen molar-refractivity contribution in [1.29, 1.82) is 0 Å². The van der Waals surface area contributed by atoms with E-state index < -0.39 is 0 Å². The third kappa shape index (κ3) is 2.41. The van der Waals surface area contributed by atoms with Gasteiger partial charge in [-0.3, -0.25) is 0 Å². The highest BCUT2D eigenvalue weighted by molar-refractivity contribution is 6.42. The maximum absolute atomic E-state index is 5.95. The lowest BCUT2D eigenvalue weighted by molar-refractivity contribution is 0.571. The molecular weight excluding hydrogens is 217 g/mol. The molecule has 1 aromatic rings. The van der Waals surface area contributed by atoms with Gasteiger partial charge in [-0.2, -0.15) is 0 Å². The number of nitrogens with one attached hydrogen (secondary N) is 1. The molecule has 76 valence electrons. The van der Waals surface area contributed by atoms with E-state index in [1.807, 2.05) is 18.2 Å². The minimum atomic E-state index is 0.359. The van der Waals surface area contributed by atoms with Gasteiger partial charge in [-0.1, -0.05) is 29.3 Å². The van der Waals surface area contributed by atoms with E-state index in [2.05, 4.69) is 12.2 Å². The standard InChI is InChI=1S/C11H13Cl2N/c1-7(14-9-3-4-9)8-2-5-10(12)11(13)6-8/h2,5-7,9,14H,3-4H2,1H3/t7-/m0/s1. The van der Waals surface area contributed by atoms with Gasteiger partial charge in [0.15, 0.2) is 0 Å². The largest absolute Gasteiger partial charge is 0.307 e. The van der Waals surface area contributed by atoms with E-state index in [0.717, 1.165) is 0 Å². The zero-order chi connectivity index (χ0) is 10.1. The van der Waals surface area contributed by atoms with Crippen molar-refractivity contribution in [3.8, 4) is 0 Å². The SMILES string of the molecule is C[C@H](NC1CC1)c1ccc(Cl)c(Cl)c1. The Bertz CT molecular complexity index is 334. The maximum Gasteiger partial charge on any atom is 0.0595 e. The van der Waals surface area contributed by atoms with E-state index in [1.54, 1.807) is 0 Å². The fraction of sp³-hybridized carbons (Fsp3) is 0.455. The summed E-state index contributed by atoms with van der Waals surface area (Å²) in [6, 6.07) is 6.87. The van der Waals surface area contributed by atoms with E-state index in [-0.39, 0.29) is 0 Å². The first-order valence-corrected chi connectivity index (χ1v) is 5.63. The quantitative estimate of drug-likeness (QED) is 0.832. The second-order valence-corrected chi connectivity index (χ2v) is 4.65. The van der Waals surface area contributed by atoms with Crippen LogP contribution < -0.4 is 5.32 Å². The summed E-state index contributed by atoms with van der Waals surface area (Å²) >= 11 is 11.8. The van der Waals surface area contributed by atoms with Crippen molar-refractivity contribution < 1.29 is 0 Å². The van der Waals surface area contributed by atoms with Crippen molar-refractivity contribution in [2.75, 3.05) is 0 Å². The van der Waals surface area contributed by atoms with Gasteiger partial charge in [-0.15, -0.1) is 0 Å². The highest BCUT2D eigenvalue weighted by Gasteiger charge is 2.23. The molecular formula is C11H13Cl2N.